The molecule has 0 bridgehead atoms. The van der Waals surface area contributed by atoms with E-state index in [1.54, 1.807) is 31.2 Å². The molecule has 1 saturated heterocycles. The molecule has 2 aromatic rings. The number of nitrogens with zero attached hydrogens (tertiary/aromatic N) is 3. The molecule has 1 N–H and O–H groups in total. The van der Waals surface area contributed by atoms with Crippen LogP contribution in [0.2, 0.25) is 0 Å². The third-order valence-electron chi connectivity index (χ3n) is 4.19. The average Bonchev–Trinajstić information content (AvgIpc) is 2.67. The zero-order valence-corrected chi connectivity index (χ0v) is 14.6. The molecule has 6 heteroatoms. The van der Waals surface area contributed by atoms with Crippen molar-refractivity contribution in [3.8, 4) is 0 Å². The number of hydrogen-bond acceptors (Lipinski definition) is 5. The molecule has 1 unspecified atom stereocenters. The molecule has 1 aromatic heterocycles. The van der Waals surface area contributed by atoms with Crippen LogP contribution in [0.15, 0.2) is 47.8 Å². The summed E-state index contributed by atoms with van der Waals surface area (Å²) >= 11 is 1.68. The monoisotopic (exact) mass is 342 g/mol. The van der Waals surface area contributed by atoms with Crippen LogP contribution in [0, 0.1) is 5.92 Å². The topological polar surface area (TPSA) is 58.1 Å². The van der Waals surface area contributed by atoms with Gasteiger partial charge in [0.1, 0.15) is 10.8 Å². The van der Waals surface area contributed by atoms with Crippen LogP contribution in [0.5, 0.6) is 0 Å². The molecule has 0 saturated carbocycles. The van der Waals surface area contributed by atoms with Crippen molar-refractivity contribution >= 4 is 23.5 Å². The van der Waals surface area contributed by atoms with E-state index in [1.165, 1.54) is 5.56 Å². The van der Waals surface area contributed by atoms with Crippen molar-refractivity contribution in [3.63, 3.8) is 0 Å². The summed E-state index contributed by atoms with van der Waals surface area (Å²) in [5.41, 5.74) is 1.27. The normalized spacial score (nSPS) is 17.5. The average molecular weight is 342 g/mol. The molecule has 0 aliphatic carbocycles. The minimum absolute atomic E-state index is 0.0335. The lowest BCUT2D eigenvalue weighted by Gasteiger charge is -2.32. The minimum atomic E-state index is 0.0335. The van der Waals surface area contributed by atoms with Gasteiger partial charge in [0.25, 0.3) is 0 Å². The number of thioether (sulfide) groups is 1. The molecule has 3 rings (SSSR count). The summed E-state index contributed by atoms with van der Waals surface area (Å²) in [6, 6.07) is 10.3. The van der Waals surface area contributed by atoms with Crippen LogP contribution in [0.25, 0.3) is 0 Å². The van der Waals surface area contributed by atoms with Gasteiger partial charge in [0.15, 0.2) is 0 Å². The van der Waals surface area contributed by atoms with Crippen LogP contribution in [-0.2, 0) is 10.5 Å². The Labute approximate surface area is 146 Å². The molecule has 2 heterocycles. The first kappa shape index (κ1) is 16.8. The summed E-state index contributed by atoms with van der Waals surface area (Å²) in [4.78, 5) is 23.1. The minimum Gasteiger partial charge on any atom is -0.359 e. The largest absolute Gasteiger partial charge is 0.359 e. The number of benzene rings is 1. The summed E-state index contributed by atoms with van der Waals surface area (Å²) in [7, 11) is 1.70. The summed E-state index contributed by atoms with van der Waals surface area (Å²) in [6.07, 6.45) is 5.53. The van der Waals surface area contributed by atoms with Gasteiger partial charge in [-0.2, -0.15) is 0 Å². The van der Waals surface area contributed by atoms with Gasteiger partial charge in [0, 0.05) is 25.9 Å². The van der Waals surface area contributed by atoms with Gasteiger partial charge in [-0.3, -0.25) is 9.78 Å². The molecule has 1 aliphatic heterocycles. The van der Waals surface area contributed by atoms with Gasteiger partial charge >= 0.3 is 0 Å². The molecule has 24 heavy (non-hydrogen) atoms. The van der Waals surface area contributed by atoms with Gasteiger partial charge in [-0.1, -0.05) is 30.3 Å². The molecule has 0 radical (unpaired) electrons. The van der Waals surface area contributed by atoms with Gasteiger partial charge in [0.05, 0.1) is 18.3 Å². The lowest BCUT2D eigenvalue weighted by Crippen LogP contribution is -2.42. The van der Waals surface area contributed by atoms with Gasteiger partial charge in [-0.15, -0.1) is 11.8 Å². The Hall–Kier alpha value is -2.08. The lowest BCUT2D eigenvalue weighted by molar-refractivity contribution is -0.124. The smallest absolute Gasteiger partial charge is 0.224 e. The van der Waals surface area contributed by atoms with Crippen molar-refractivity contribution < 1.29 is 4.79 Å². The molecule has 1 atom stereocenters. The van der Waals surface area contributed by atoms with E-state index in [0.29, 0.717) is 6.54 Å². The molecule has 1 fully saturated rings. The van der Waals surface area contributed by atoms with Crippen LogP contribution in [-0.4, -0.2) is 36.0 Å². The maximum absolute atomic E-state index is 11.9. The highest BCUT2D eigenvalue weighted by Crippen LogP contribution is 2.25. The molecule has 0 spiro atoms. The molecule has 1 aliphatic rings. The molecule has 1 amide bonds. The number of anilines is 1. The van der Waals surface area contributed by atoms with Crippen molar-refractivity contribution in [3.05, 3.63) is 48.3 Å². The number of hydrogen-bond donors (Lipinski definition) is 1. The fraction of sp³-hybridized carbons (Fsp3) is 0.389. The fourth-order valence-corrected chi connectivity index (χ4v) is 3.70. The number of carbonyl (C=O) groups excluding carboxylic acids is 1. The first-order chi connectivity index (χ1) is 11.8. The van der Waals surface area contributed by atoms with Crippen LogP contribution in [0.3, 0.4) is 0 Å². The number of nitrogens with one attached hydrogen (secondary N) is 1. The Morgan fingerprint density at radius 2 is 2.17 bits per heavy atom. The zero-order chi connectivity index (χ0) is 16.8. The third kappa shape index (κ3) is 4.26. The number of rotatable bonds is 5. The predicted octanol–water partition coefficient (Wildman–Crippen LogP) is 2.73. The highest BCUT2D eigenvalue weighted by atomic mass is 32.2. The van der Waals surface area contributed by atoms with Gasteiger partial charge in [-0.25, -0.2) is 4.98 Å². The predicted molar refractivity (Wildman–Crippen MR) is 97.0 cm³/mol. The van der Waals surface area contributed by atoms with Gasteiger partial charge < -0.3 is 10.2 Å². The standard InChI is InChI=1S/C18H22N4OS/c1-19-18(23)15-8-5-9-22(12-15)16-10-20-11-17(21-16)24-13-14-6-3-2-4-7-14/h2-4,6-7,10-11,15H,5,8-9,12-13H2,1H3,(H,19,23). The number of aromatic nitrogens is 2. The maximum atomic E-state index is 11.9. The number of amides is 1. The Balaban J connectivity index is 1.65. The highest BCUT2D eigenvalue weighted by Gasteiger charge is 2.26. The van der Waals surface area contributed by atoms with E-state index in [2.05, 4.69) is 27.3 Å². The Bertz CT molecular complexity index is 680. The van der Waals surface area contributed by atoms with Crippen molar-refractivity contribution in [2.75, 3.05) is 25.0 Å². The molecule has 1 aromatic carbocycles. The SMILES string of the molecule is CNC(=O)C1CCCN(c2cncc(SCc3ccccc3)n2)C1. The van der Waals surface area contributed by atoms with Crippen LogP contribution < -0.4 is 10.2 Å². The van der Waals surface area contributed by atoms with Crippen molar-refractivity contribution in [1.82, 2.24) is 15.3 Å². The van der Waals surface area contributed by atoms with E-state index in [0.717, 1.165) is 36.0 Å². The second kappa shape index (κ2) is 8.15. The van der Waals surface area contributed by atoms with E-state index >= 15 is 0 Å². The van der Waals surface area contributed by atoms with Crippen molar-refractivity contribution in [2.24, 2.45) is 5.92 Å². The Morgan fingerprint density at radius 1 is 1.33 bits per heavy atom. The van der Waals surface area contributed by atoms with E-state index in [-0.39, 0.29) is 11.8 Å². The fourth-order valence-electron chi connectivity index (χ4n) is 2.90. The van der Waals surface area contributed by atoms with Gasteiger partial charge in [-0.05, 0) is 18.4 Å². The molecular formula is C18H22N4OS. The molecule has 126 valence electrons. The third-order valence-corrected chi connectivity index (χ3v) is 5.16. The van der Waals surface area contributed by atoms with E-state index < -0.39 is 0 Å². The van der Waals surface area contributed by atoms with Crippen LogP contribution >= 0.6 is 11.8 Å². The van der Waals surface area contributed by atoms with Crippen molar-refractivity contribution in [2.45, 2.75) is 23.6 Å². The Morgan fingerprint density at radius 3 is 2.96 bits per heavy atom. The highest BCUT2D eigenvalue weighted by molar-refractivity contribution is 7.98. The quantitative estimate of drug-likeness (QED) is 0.847. The lowest BCUT2D eigenvalue weighted by atomic mass is 9.97. The first-order valence-electron chi connectivity index (χ1n) is 8.21. The zero-order valence-electron chi connectivity index (χ0n) is 13.8. The summed E-state index contributed by atoms with van der Waals surface area (Å²) in [6.45, 7) is 1.64. The Kier molecular flexibility index (Phi) is 5.69. The number of carbonyl (C=O) groups is 1. The van der Waals surface area contributed by atoms with Crippen LogP contribution in [0.4, 0.5) is 5.82 Å². The maximum Gasteiger partial charge on any atom is 0.224 e. The van der Waals surface area contributed by atoms with Crippen LogP contribution in [0.1, 0.15) is 18.4 Å². The second-order valence-corrected chi connectivity index (χ2v) is 6.88. The molecule has 5 nitrogen and oxygen atoms in total. The number of piperidine rings is 1. The summed E-state index contributed by atoms with van der Waals surface area (Å²) < 4.78 is 0. The van der Waals surface area contributed by atoms with E-state index in [4.69, 9.17) is 4.98 Å². The first-order valence-corrected chi connectivity index (χ1v) is 9.20. The summed E-state index contributed by atoms with van der Waals surface area (Å²) in [5.74, 6) is 1.88. The second-order valence-electron chi connectivity index (χ2n) is 5.89. The van der Waals surface area contributed by atoms with E-state index in [9.17, 15) is 4.79 Å². The van der Waals surface area contributed by atoms with Gasteiger partial charge in [0.2, 0.25) is 5.91 Å². The molecular weight excluding hydrogens is 320 g/mol. The summed E-state index contributed by atoms with van der Waals surface area (Å²) in [5, 5.41) is 3.67. The van der Waals surface area contributed by atoms with Crippen molar-refractivity contribution in [1.29, 1.82) is 0 Å². The van der Waals surface area contributed by atoms with E-state index in [1.807, 2.05) is 18.2 Å².